The van der Waals surface area contributed by atoms with Gasteiger partial charge in [0.1, 0.15) is 17.2 Å². The number of phenolic OH excluding ortho intramolecular Hbond substituents is 2. The molecule has 0 bridgehead atoms. The number of hydrogen-bond donors (Lipinski definition) is 6. The summed E-state index contributed by atoms with van der Waals surface area (Å²) >= 11 is 0. The highest BCUT2D eigenvalue weighted by Crippen LogP contribution is 2.27. The third-order valence-corrected chi connectivity index (χ3v) is 3.21. The molecule has 25 heavy (non-hydrogen) atoms. The van der Waals surface area contributed by atoms with E-state index in [1.807, 2.05) is 0 Å². The van der Waals surface area contributed by atoms with Gasteiger partial charge in [-0.3, -0.25) is 25.2 Å². The Bertz CT molecular complexity index is 850. The highest BCUT2D eigenvalue weighted by atomic mass is 16.3. The minimum atomic E-state index is -0.987. The van der Waals surface area contributed by atoms with Crippen molar-refractivity contribution in [3.63, 3.8) is 0 Å². The Labute approximate surface area is 141 Å². The first kappa shape index (κ1) is 17.6. The molecular weight excluding hydrogens is 330 g/mol. The second kappa shape index (κ2) is 7.21. The van der Waals surface area contributed by atoms with Gasteiger partial charge in [-0.25, -0.2) is 0 Å². The van der Waals surface area contributed by atoms with Crippen LogP contribution in [0.15, 0.2) is 36.4 Å². The molecule has 0 aliphatic carbocycles. The maximum absolute atomic E-state index is 12.0. The van der Waals surface area contributed by atoms with E-state index in [4.69, 9.17) is 5.73 Å². The lowest BCUT2D eigenvalue weighted by molar-refractivity contribution is -0.121. The first-order valence-corrected chi connectivity index (χ1v) is 7.01. The zero-order valence-corrected chi connectivity index (χ0v) is 12.8. The third-order valence-electron chi connectivity index (χ3n) is 3.21. The fraction of sp³-hybridized carbons (Fsp3) is 0.0625. The summed E-state index contributed by atoms with van der Waals surface area (Å²) in [7, 11) is 0. The molecule has 7 N–H and O–H groups in total. The van der Waals surface area contributed by atoms with Crippen molar-refractivity contribution in [2.45, 2.75) is 6.42 Å². The van der Waals surface area contributed by atoms with E-state index < -0.39 is 29.2 Å². The van der Waals surface area contributed by atoms with Crippen LogP contribution in [-0.2, 0) is 11.2 Å². The summed E-state index contributed by atoms with van der Waals surface area (Å²) in [6.45, 7) is 0. The predicted molar refractivity (Wildman–Crippen MR) is 85.7 cm³/mol. The average molecular weight is 345 g/mol. The number of hydrogen-bond acceptors (Lipinski definition) is 6. The van der Waals surface area contributed by atoms with Crippen LogP contribution in [0, 0.1) is 0 Å². The minimum absolute atomic E-state index is 0.00216. The summed E-state index contributed by atoms with van der Waals surface area (Å²) in [4.78, 5) is 35.0. The lowest BCUT2D eigenvalue weighted by Crippen LogP contribution is -2.42. The Morgan fingerprint density at radius 3 is 2.24 bits per heavy atom. The van der Waals surface area contributed by atoms with E-state index in [0.29, 0.717) is 5.56 Å². The molecule has 9 nitrogen and oxygen atoms in total. The quantitative estimate of drug-likeness (QED) is 0.424. The first-order valence-electron chi connectivity index (χ1n) is 7.01. The van der Waals surface area contributed by atoms with Crippen LogP contribution >= 0.6 is 0 Å². The van der Waals surface area contributed by atoms with Crippen molar-refractivity contribution in [1.82, 2.24) is 10.9 Å². The Kier molecular flexibility index (Phi) is 5.08. The van der Waals surface area contributed by atoms with Gasteiger partial charge in [0.2, 0.25) is 5.91 Å². The Morgan fingerprint density at radius 2 is 1.60 bits per heavy atom. The molecule has 0 unspecified atom stereocenters. The molecule has 0 aromatic heterocycles. The van der Waals surface area contributed by atoms with E-state index in [2.05, 4.69) is 10.9 Å². The number of rotatable bonds is 4. The molecule has 0 heterocycles. The zero-order valence-electron chi connectivity index (χ0n) is 12.8. The van der Waals surface area contributed by atoms with E-state index in [1.165, 1.54) is 12.1 Å². The van der Waals surface area contributed by atoms with Crippen molar-refractivity contribution in [1.29, 1.82) is 0 Å². The fourth-order valence-electron chi connectivity index (χ4n) is 2.05. The number of benzene rings is 2. The van der Waals surface area contributed by atoms with Crippen molar-refractivity contribution < 1.29 is 29.7 Å². The molecule has 0 aliphatic heterocycles. The van der Waals surface area contributed by atoms with Crippen LogP contribution in [-0.4, -0.2) is 33.0 Å². The second-order valence-corrected chi connectivity index (χ2v) is 5.10. The number of aromatic hydroxyl groups is 3. The molecule has 0 saturated carbocycles. The normalized spacial score (nSPS) is 10.1. The van der Waals surface area contributed by atoms with Crippen LogP contribution in [0.3, 0.4) is 0 Å². The number of carbonyl (C=O) groups excluding carboxylic acids is 3. The molecule has 0 aliphatic rings. The summed E-state index contributed by atoms with van der Waals surface area (Å²) in [5.74, 6) is -3.64. The molecule has 2 rings (SSSR count). The topological polar surface area (TPSA) is 162 Å². The Hall–Kier alpha value is -3.75. The molecule has 0 radical (unpaired) electrons. The first-order chi connectivity index (χ1) is 11.8. The lowest BCUT2D eigenvalue weighted by atomic mass is 10.1. The van der Waals surface area contributed by atoms with E-state index in [1.54, 1.807) is 12.1 Å². The SMILES string of the molecule is NC(=O)c1cc(C(=O)NNC(=O)Cc2cccc(O)c2)c(O)cc1O. The highest BCUT2D eigenvalue weighted by molar-refractivity contribution is 6.03. The molecule has 3 amide bonds. The standard InChI is InChI=1S/C16H15N3O6/c17-15(24)10-6-11(13(22)7-12(10)21)16(25)19-18-14(23)5-8-2-1-3-9(20)4-8/h1-4,6-7,20-22H,5H2,(H2,17,24)(H,18,23)(H,19,25). The Balaban J connectivity index is 2.04. The maximum Gasteiger partial charge on any atom is 0.273 e. The van der Waals surface area contributed by atoms with Crippen molar-refractivity contribution in [3.8, 4) is 17.2 Å². The van der Waals surface area contributed by atoms with Gasteiger partial charge < -0.3 is 21.1 Å². The number of hydrazine groups is 1. The van der Waals surface area contributed by atoms with Crippen LogP contribution in [0.2, 0.25) is 0 Å². The van der Waals surface area contributed by atoms with Crippen LogP contribution in [0.25, 0.3) is 0 Å². The van der Waals surface area contributed by atoms with Crippen LogP contribution in [0.1, 0.15) is 26.3 Å². The second-order valence-electron chi connectivity index (χ2n) is 5.10. The molecule has 9 heteroatoms. The average Bonchev–Trinajstić information content (AvgIpc) is 2.52. The lowest BCUT2D eigenvalue weighted by Gasteiger charge is -2.10. The van der Waals surface area contributed by atoms with Gasteiger partial charge in [-0.15, -0.1) is 0 Å². The monoisotopic (exact) mass is 345 g/mol. The van der Waals surface area contributed by atoms with Crippen molar-refractivity contribution in [2.24, 2.45) is 5.73 Å². The summed E-state index contributed by atoms with van der Waals surface area (Å²) in [6, 6.07) is 7.73. The minimum Gasteiger partial charge on any atom is -0.508 e. The molecule has 2 aromatic rings. The predicted octanol–water partition coefficient (Wildman–Crippen LogP) is -0.0940. The highest BCUT2D eigenvalue weighted by Gasteiger charge is 2.18. The molecule has 0 atom stereocenters. The fourth-order valence-corrected chi connectivity index (χ4v) is 2.05. The molecule has 0 spiro atoms. The maximum atomic E-state index is 12.0. The van der Waals surface area contributed by atoms with Crippen LogP contribution in [0.4, 0.5) is 0 Å². The summed E-state index contributed by atoms with van der Waals surface area (Å²) in [5, 5.41) is 28.5. The summed E-state index contributed by atoms with van der Waals surface area (Å²) in [6.07, 6.45) is -0.108. The summed E-state index contributed by atoms with van der Waals surface area (Å²) < 4.78 is 0. The van der Waals surface area contributed by atoms with Gasteiger partial charge in [0.15, 0.2) is 0 Å². The number of phenols is 3. The van der Waals surface area contributed by atoms with Gasteiger partial charge >= 0.3 is 0 Å². The van der Waals surface area contributed by atoms with E-state index in [-0.39, 0.29) is 23.3 Å². The van der Waals surface area contributed by atoms with Gasteiger partial charge in [0.25, 0.3) is 11.8 Å². The van der Waals surface area contributed by atoms with Crippen LogP contribution < -0.4 is 16.6 Å². The van der Waals surface area contributed by atoms with Gasteiger partial charge in [-0.2, -0.15) is 0 Å². The van der Waals surface area contributed by atoms with Gasteiger partial charge in [-0.1, -0.05) is 12.1 Å². The summed E-state index contributed by atoms with van der Waals surface area (Å²) in [5.41, 5.74) is 9.06. The smallest absolute Gasteiger partial charge is 0.273 e. The number of carbonyl (C=O) groups is 3. The van der Waals surface area contributed by atoms with Crippen LogP contribution in [0.5, 0.6) is 17.2 Å². The van der Waals surface area contributed by atoms with Crippen molar-refractivity contribution >= 4 is 17.7 Å². The molecular formula is C16H15N3O6. The van der Waals surface area contributed by atoms with E-state index >= 15 is 0 Å². The number of primary amides is 1. The molecule has 130 valence electrons. The number of nitrogens with two attached hydrogens (primary N) is 1. The van der Waals surface area contributed by atoms with E-state index in [9.17, 15) is 29.7 Å². The molecule has 2 aromatic carbocycles. The number of nitrogens with one attached hydrogen (secondary N) is 2. The Morgan fingerprint density at radius 1 is 0.920 bits per heavy atom. The zero-order chi connectivity index (χ0) is 18.6. The van der Waals surface area contributed by atoms with Gasteiger partial charge in [0, 0.05) is 6.07 Å². The third kappa shape index (κ3) is 4.38. The number of amides is 3. The largest absolute Gasteiger partial charge is 0.508 e. The molecule has 0 saturated heterocycles. The molecule has 0 fully saturated rings. The van der Waals surface area contributed by atoms with E-state index in [0.717, 1.165) is 12.1 Å². The van der Waals surface area contributed by atoms with Gasteiger partial charge in [-0.05, 0) is 23.8 Å². The van der Waals surface area contributed by atoms with Crippen molar-refractivity contribution in [3.05, 3.63) is 53.1 Å². The van der Waals surface area contributed by atoms with Crippen molar-refractivity contribution in [2.75, 3.05) is 0 Å². The van der Waals surface area contributed by atoms with Gasteiger partial charge in [0.05, 0.1) is 17.5 Å².